The molecule has 0 radical (unpaired) electrons. The molecule has 0 amide bonds. The van der Waals surface area contributed by atoms with Crippen LogP contribution >= 0.6 is 0 Å². The number of hydrogen-bond acceptors (Lipinski definition) is 2. The largest absolute Gasteiger partial charge is 0.494 e. The van der Waals surface area contributed by atoms with E-state index < -0.39 is 0 Å². The van der Waals surface area contributed by atoms with Gasteiger partial charge in [0.15, 0.2) is 0 Å². The fourth-order valence-electron chi connectivity index (χ4n) is 2.76. The molecule has 0 fully saturated rings. The summed E-state index contributed by atoms with van der Waals surface area (Å²) in [6.45, 7) is 6.45. The van der Waals surface area contributed by atoms with Crippen molar-refractivity contribution in [3.63, 3.8) is 0 Å². The molecule has 0 spiro atoms. The van der Waals surface area contributed by atoms with Gasteiger partial charge in [-0.15, -0.1) is 0 Å². The van der Waals surface area contributed by atoms with Crippen molar-refractivity contribution in [1.82, 2.24) is 4.57 Å². The Labute approximate surface area is 137 Å². The molecule has 0 atom stereocenters. The highest BCUT2D eigenvalue weighted by atomic mass is 16.5. The Kier molecular flexibility index (Phi) is 4.86. The van der Waals surface area contributed by atoms with Crippen LogP contribution < -0.4 is 9.47 Å². The third-order valence-corrected chi connectivity index (χ3v) is 3.86. The van der Waals surface area contributed by atoms with Crippen LogP contribution in [-0.2, 0) is 6.54 Å². The van der Waals surface area contributed by atoms with Crippen molar-refractivity contribution in [2.75, 3.05) is 13.2 Å². The van der Waals surface area contributed by atoms with Crippen molar-refractivity contribution in [3.8, 4) is 11.5 Å². The summed E-state index contributed by atoms with van der Waals surface area (Å²) in [5.41, 5.74) is 2.47. The molecule has 1 aromatic heterocycles. The van der Waals surface area contributed by atoms with Crippen LogP contribution in [0.1, 0.15) is 18.9 Å². The van der Waals surface area contributed by atoms with Crippen LogP contribution in [0.25, 0.3) is 10.9 Å². The number of ether oxygens (including phenoxy) is 2. The van der Waals surface area contributed by atoms with Crippen molar-refractivity contribution in [2.45, 2.75) is 26.8 Å². The van der Waals surface area contributed by atoms with Gasteiger partial charge in [-0.2, -0.15) is 0 Å². The van der Waals surface area contributed by atoms with Crippen LogP contribution in [-0.4, -0.2) is 17.8 Å². The molecule has 23 heavy (non-hydrogen) atoms. The Bertz CT molecular complexity index is 776. The molecule has 3 aromatic rings. The van der Waals surface area contributed by atoms with Crippen molar-refractivity contribution < 1.29 is 9.47 Å². The lowest BCUT2D eigenvalue weighted by molar-refractivity contribution is 0.302. The van der Waals surface area contributed by atoms with E-state index in [0.717, 1.165) is 31.1 Å². The van der Waals surface area contributed by atoms with E-state index in [9.17, 15) is 0 Å². The molecular weight excluding hydrogens is 286 g/mol. The van der Waals surface area contributed by atoms with Crippen LogP contribution in [0.15, 0.2) is 54.7 Å². The number of benzene rings is 2. The Morgan fingerprint density at radius 2 is 1.83 bits per heavy atom. The topological polar surface area (TPSA) is 23.4 Å². The van der Waals surface area contributed by atoms with Gasteiger partial charge < -0.3 is 14.0 Å². The van der Waals surface area contributed by atoms with E-state index in [-0.39, 0.29) is 0 Å². The first-order chi connectivity index (χ1) is 11.3. The highest BCUT2D eigenvalue weighted by Gasteiger charge is 2.03. The van der Waals surface area contributed by atoms with Crippen LogP contribution in [0.2, 0.25) is 0 Å². The molecule has 0 saturated heterocycles. The molecule has 0 aliphatic rings. The lowest BCUT2D eigenvalue weighted by Gasteiger charge is -2.09. The van der Waals surface area contributed by atoms with E-state index in [1.807, 2.05) is 25.1 Å². The second-order valence-electron chi connectivity index (χ2n) is 5.68. The number of hydrogen-bond donors (Lipinski definition) is 0. The maximum absolute atomic E-state index is 5.81. The lowest BCUT2D eigenvalue weighted by atomic mass is 10.2. The zero-order valence-electron chi connectivity index (χ0n) is 13.8. The van der Waals surface area contributed by atoms with Gasteiger partial charge in [0, 0.05) is 23.6 Å². The Morgan fingerprint density at radius 3 is 2.65 bits per heavy atom. The van der Waals surface area contributed by atoms with Crippen LogP contribution in [0.5, 0.6) is 11.5 Å². The van der Waals surface area contributed by atoms with Crippen LogP contribution in [0.4, 0.5) is 0 Å². The summed E-state index contributed by atoms with van der Waals surface area (Å²) in [7, 11) is 0. The smallest absolute Gasteiger partial charge is 0.120 e. The molecule has 3 heteroatoms. The van der Waals surface area contributed by atoms with Gasteiger partial charge in [0.2, 0.25) is 0 Å². The average molecular weight is 309 g/mol. The zero-order chi connectivity index (χ0) is 16.1. The summed E-state index contributed by atoms with van der Waals surface area (Å²) in [5.74, 6) is 1.88. The van der Waals surface area contributed by atoms with Gasteiger partial charge in [0.05, 0.1) is 13.2 Å². The number of aryl methyl sites for hydroxylation is 2. The average Bonchev–Trinajstić information content (AvgIpc) is 2.94. The van der Waals surface area contributed by atoms with Crippen molar-refractivity contribution in [1.29, 1.82) is 0 Å². The normalized spacial score (nSPS) is 10.9. The summed E-state index contributed by atoms with van der Waals surface area (Å²) in [6, 6.07) is 16.6. The van der Waals surface area contributed by atoms with E-state index in [0.29, 0.717) is 6.61 Å². The predicted octanol–water partition coefficient (Wildman–Crippen LogP) is 4.82. The van der Waals surface area contributed by atoms with E-state index in [1.165, 1.54) is 16.5 Å². The van der Waals surface area contributed by atoms with Crippen molar-refractivity contribution in [3.05, 3.63) is 60.3 Å². The number of rotatable bonds is 7. The van der Waals surface area contributed by atoms with E-state index in [1.54, 1.807) is 0 Å². The van der Waals surface area contributed by atoms with Gasteiger partial charge in [0.1, 0.15) is 11.5 Å². The number of fused-ring (bicyclic) bond motifs is 1. The quantitative estimate of drug-likeness (QED) is 0.584. The third-order valence-electron chi connectivity index (χ3n) is 3.86. The molecule has 0 N–H and O–H groups in total. The van der Waals surface area contributed by atoms with Crippen LogP contribution in [0, 0.1) is 6.92 Å². The highest BCUT2D eigenvalue weighted by Crippen LogP contribution is 2.22. The van der Waals surface area contributed by atoms with E-state index in [2.05, 4.69) is 48.0 Å². The van der Waals surface area contributed by atoms with Gasteiger partial charge in [-0.3, -0.25) is 0 Å². The molecule has 3 rings (SSSR count). The van der Waals surface area contributed by atoms with Gasteiger partial charge in [-0.25, -0.2) is 0 Å². The zero-order valence-corrected chi connectivity index (χ0v) is 13.8. The number of nitrogens with zero attached hydrogens (tertiary/aromatic N) is 1. The minimum atomic E-state index is 0.697. The first kappa shape index (κ1) is 15.5. The molecule has 1 heterocycles. The van der Waals surface area contributed by atoms with E-state index in [4.69, 9.17) is 9.47 Å². The summed E-state index contributed by atoms with van der Waals surface area (Å²) >= 11 is 0. The summed E-state index contributed by atoms with van der Waals surface area (Å²) in [4.78, 5) is 0. The molecule has 0 bridgehead atoms. The Balaban J connectivity index is 1.57. The van der Waals surface area contributed by atoms with Crippen molar-refractivity contribution in [2.24, 2.45) is 0 Å². The number of aromatic nitrogens is 1. The summed E-state index contributed by atoms with van der Waals surface area (Å²) < 4.78 is 13.6. The maximum Gasteiger partial charge on any atom is 0.120 e. The Morgan fingerprint density at radius 1 is 0.957 bits per heavy atom. The van der Waals surface area contributed by atoms with Crippen molar-refractivity contribution >= 4 is 10.9 Å². The fourth-order valence-corrected chi connectivity index (χ4v) is 2.76. The molecule has 120 valence electrons. The molecule has 0 unspecified atom stereocenters. The van der Waals surface area contributed by atoms with Gasteiger partial charge in [0.25, 0.3) is 0 Å². The first-order valence-corrected chi connectivity index (χ1v) is 8.17. The second-order valence-corrected chi connectivity index (χ2v) is 5.68. The van der Waals surface area contributed by atoms with Gasteiger partial charge in [-0.1, -0.05) is 12.1 Å². The lowest BCUT2D eigenvalue weighted by Crippen LogP contribution is -2.03. The minimum Gasteiger partial charge on any atom is -0.494 e. The first-order valence-electron chi connectivity index (χ1n) is 8.17. The Hall–Kier alpha value is -2.42. The minimum absolute atomic E-state index is 0.697. The summed E-state index contributed by atoms with van der Waals surface area (Å²) in [5, 5.41) is 1.22. The second kappa shape index (κ2) is 7.23. The monoisotopic (exact) mass is 309 g/mol. The molecule has 2 aromatic carbocycles. The molecule has 0 aliphatic heterocycles. The predicted molar refractivity (Wildman–Crippen MR) is 94.4 cm³/mol. The molecular formula is C20H23NO2. The maximum atomic E-state index is 5.81. The van der Waals surface area contributed by atoms with E-state index >= 15 is 0 Å². The molecule has 0 saturated carbocycles. The highest BCUT2D eigenvalue weighted by molar-refractivity contribution is 5.81. The standard InChI is InChI=1S/C20H23NO2/c1-3-22-19-8-9-20-17(15-19)10-12-21(20)11-5-13-23-18-7-4-6-16(2)14-18/h4,6-10,12,14-15H,3,5,11,13H2,1-2H3. The third kappa shape index (κ3) is 3.86. The van der Waals surface area contributed by atoms with Gasteiger partial charge >= 0.3 is 0 Å². The molecule has 0 aliphatic carbocycles. The molecule has 3 nitrogen and oxygen atoms in total. The van der Waals surface area contributed by atoms with Gasteiger partial charge in [-0.05, 0) is 62.2 Å². The summed E-state index contributed by atoms with van der Waals surface area (Å²) in [6.07, 6.45) is 3.11. The fraction of sp³-hybridized carbons (Fsp3) is 0.300. The van der Waals surface area contributed by atoms with Crippen LogP contribution in [0.3, 0.4) is 0 Å². The SMILES string of the molecule is CCOc1ccc2c(ccn2CCCOc2cccc(C)c2)c1.